The molecule has 1 aromatic heterocycles. The summed E-state index contributed by atoms with van der Waals surface area (Å²) in [4.78, 5) is 15.3. The zero-order valence-electron chi connectivity index (χ0n) is 12.8. The Kier molecular flexibility index (Phi) is 5.27. The van der Waals surface area contributed by atoms with E-state index < -0.39 is 0 Å². The Morgan fingerprint density at radius 1 is 1.39 bits per heavy atom. The standard InChI is InChI=1S/C17H18Cl2N2OS/c1-11(17(22)20-14-7-6-12(18)10-13(14)19)21-8-2-4-15(21)16-5-3-9-23-16/h3,5-7,9-11,15H,2,4,8H2,1H3,(H,20,22)/p+1/t11-,15+/m0/s1. The average molecular weight is 370 g/mol. The van der Waals surface area contributed by atoms with Gasteiger partial charge in [0.25, 0.3) is 5.91 Å². The lowest BCUT2D eigenvalue weighted by Gasteiger charge is -2.26. The van der Waals surface area contributed by atoms with Crippen LogP contribution >= 0.6 is 34.5 Å². The average Bonchev–Trinajstić information content (AvgIpc) is 3.19. The molecule has 1 saturated heterocycles. The van der Waals surface area contributed by atoms with Crippen molar-refractivity contribution in [1.29, 1.82) is 0 Å². The van der Waals surface area contributed by atoms with Gasteiger partial charge in [-0.05, 0) is 36.6 Å². The van der Waals surface area contributed by atoms with Gasteiger partial charge in [0.1, 0.15) is 6.04 Å². The summed E-state index contributed by atoms with van der Waals surface area (Å²) in [6.45, 7) is 3.01. The fourth-order valence-corrected chi connectivity index (χ4v) is 4.56. The summed E-state index contributed by atoms with van der Waals surface area (Å²) in [5.74, 6) is -0.00678. The lowest BCUT2D eigenvalue weighted by Crippen LogP contribution is -3.15. The number of nitrogens with one attached hydrogen (secondary N) is 2. The van der Waals surface area contributed by atoms with Crippen LogP contribution in [0, 0.1) is 0 Å². The monoisotopic (exact) mass is 369 g/mol. The number of rotatable bonds is 4. The van der Waals surface area contributed by atoms with E-state index in [-0.39, 0.29) is 11.9 Å². The lowest BCUT2D eigenvalue weighted by molar-refractivity contribution is -0.931. The van der Waals surface area contributed by atoms with Crippen LogP contribution in [0.4, 0.5) is 5.69 Å². The molecule has 1 aliphatic heterocycles. The van der Waals surface area contributed by atoms with Gasteiger partial charge >= 0.3 is 0 Å². The Labute approximate surface area is 150 Å². The minimum Gasteiger partial charge on any atom is -0.320 e. The van der Waals surface area contributed by atoms with E-state index in [4.69, 9.17) is 23.2 Å². The van der Waals surface area contributed by atoms with Crippen molar-refractivity contribution in [3.63, 3.8) is 0 Å². The van der Waals surface area contributed by atoms with Gasteiger partial charge in [0.05, 0.1) is 22.1 Å². The highest BCUT2D eigenvalue weighted by Gasteiger charge is 2.37. The number of anilines is 1. The normalized spacial score (nSPS) is 22.0. The molecule has 1 unspecified atom stereocenters. The molecular formula is C17H19Cl2N2OS+. The van der Waals surface area contributed by atoms with Crippen molar-refractivity contribution in [3.05, 3.63) is 50.6 Å². The molecule has 6 heteroatoms. The van der Waals surface area contributed by atoms with Crippen molar-refractivity contribution >= 4 is 46.1 Å². The van der Waals surface area contributed by atoms with Crippen LogP contribution in [0.2, 0.25) is 10.0 Å². The Bertz CT molecular complexity index is 690. The van der Waals surface area contributed by atoms with E-state index in [0.29, 0.717) is 21.8 Å². The van der Waals surface area contributed by atoms with E-state index >= 15 is 0 Å². The number of carbonyl (C=O) groups excluding carboxylic acids is 1. The zero-order valence-corrected chi connectivity index (χ0v) is 15.1. The van der Waals surface area contributed by atoms with Crippen molar-refractivity contribution < 1.29 is 9.69 Å². The maximum Gasteiger partial charge on any atom is 0.282 e. The molecule has 0 radical (unpaired) electrons. The maximum absolute atomic E-state index is 12.6. The van der Waals surface area contributed by atoms with Gasteiger partial charge in [0.2, 0.25) is 0 Å². The van der Waals surface area contributed by atoms with Gasteiger partial charge < -0.3 is 10.2 Å². The predicted octanol–water partition coefficient (Wildman–Crippen LogP) is 3.80. The number of thiophene rings is 1. The highest BCUT2D eigenvalue weighted by Crippen LogP contribution is 2.26. The molecule has 1 amide bonds. The van der Waals surface area contributed by atoms with Crippen LogP contribution in [0.5, 0.6) is 0 Å². The van der Waals surface area contributed by atoms with Gasteiger partial charge in [-0.2, -0.15) is 0 Å². The number of quaternary nitrogens is 1. The van der Waals surface area contributed by atoms with Gasteiger partial charge in [-0.3, -0.25) is 4.79 Å². The molecule has 23 heavy (non-hydrogen) atoms. The summed E-state index contributed by atoms with van der Waals surface area (Å²) < 4.78 is 0. The summed E-state index contributed by atoms with van der Waals surface area (Å²) >= 11 is 13.8. The fraction of sp³-hybridized carbons (Fsp3) is 0.353. The summed E-state index contributed by atoms with van der Waals surface area (Å²) in [6.07, 6.45) is 2.28. The lowest BCUT2D eigenvalue weighted by atomic mass is 10.1. The highest BCUT2D eigenvalue weighted by molar-refractivity contribution is 7.10. The minimum atomic E-state index is -0.128. The maximum atomic E-state index is 12.6. The third-order valence-corrected chi connectivity index (χ3v) is 5.96. The number of hydrogen-bond acceptors (Lipinski definition) is 2. The van der Waals surface area contributed by atoms with Crippen LogP contribution in [0.25, 0.3) is 0 Å². The first-order chi connectivity index (χ1) is 11.1. The van der Waals surface area contributed by atoms with Crippen molar-refractivity contribution in [3.8, 4) is 0 Å². The van der Waals surface area contributed by atoms with Gasteiger partial charge in [0, 0.05) is 17.9 Å². The summed E-state index contributed by atoms with van der Waals surface area (Å²) in [6, 6.07) is 9.64. The number of carbonyl (C=O) groups is 1. The van der Waals surface area contributed by atoms with Crippen molar-refractivity contribution in [2.24, 2.45) is 0 Å². The molecule has 0 spiro atoms. The fourth-order valence-electron chi connectivity index (χ4n) is 3.20. The van der Waals surface area contributed by atoms with E-state index in [0.717, 1.165) is 19.4 Å². The second kappa shape index (κ2) is 7.22. The predicted molar refractivity (Wildman–Crippen MR) is 96.7 cm³/mol. The second-order valence-electron chi connectivity index (χ2n) is 5.87. The number of benzene rings is 1. The van der Waals surface area contributed by atoms with Crippen LogP contribution in [0.1, 0.15) is 30.7 Å². The first-order valence-corrected chi connectivity index (χ1v) is 9.34. The third-order valence-electron chi connectivity index (χ3n) is 4.43. The third kappa shape index (κ3) is 3.72. The summed E-state index contributed by atoms with van der Waals surface area (Å²) in [5.41, 5.74) is 0.610. The molecule has 0 aliphatic carbocycles. The Balaban J connectivity index is 1.71. The number of likely N-dealkylation sites (tertiary alicyclic amines) is 1. The molecule has 2 heterocycles. The van der Waals surface area contributed by atoms with Crippen LogP contribution in [-0.2, 0) is 4.79 Å². The van der Waals surface area contributed by atoms with Crippen LogP contribution in [-0.4, -0.2) is 18.5 Å². The van der Waals surface area contributed by atoms with E-state index in [2.05, 4.69) is 22.8 Å². The second-order valence-corrected chi connectivity index (χ2v) is 7.69. The zero-order chi connectivity index (χ0) is 16.4. The van der Waals surface area contributed by atoms with Crippen LogP contribution in [0.3, 0.4) is 0 Å². The van der Waals surface area contributed by atoms with E-state index in [1.54, 1.807) is 29.5 Å². The number of amides is 1. The molecule has 0 bridgehead atoms. The topological polar surface area (TPSA) is 33.5 Å². The molecular weight excluding hydrogens is 351 g/mol. The van der Waals surface area contributed by atoms with Gasteiger partial charge in [-0.1, -0.05) is 29.3 Å². The van der Waals surface area contributed by atoms with Crippen LogP contribution < -0.4 is 10.2 Å². The van der Waals surface area contributed by atoms with Gasteiger partial charge in [-0.15, -0.1) is 11.3 Å². The van der Waals surface area contributed by atoms with Crippen molar-refractivity contribution in [2.45, 2.75) is 31.8 Å². The Hall–Kier alpha value is -1.07. The molecule has 3 atom stereocenters. The number of hydrogen-bond donors (Lipinski definition) is 2. The highest BCUT2D eigenvalue weighted by atomic mass is 35.5. The van der Waals surface area contributed by atoms with Gasteiger partial charge in [-0.25, -0.2) is 0 Å². The molecule has 3 rings (SSSR count). The molecule has 3 nitrogen and oxygen atoms in total. The molecule has 122 valence electrons. The minimum absolute atomic E-state index is 0.00678. The van der Waals surface area contributed by atoms with Gasteiger partial charge in [0.15, 0.2) is 6.04 Å². The molecule has 1 aromatic carbocycles. The molecule has 2 N–H and O–H groups in total. The smallest absolute Gasteiger partial charge is 0.282 e. The largest absolute Gasteiger partial charge is 0.320 e. The summed E-state index contributed by atoms with van der Waals surface area (Å²) in [7, 11) is 0. The first-order valence-electron chi connectivity index (χ1n) is 7.71. The quantitative estimate of drug-likeness (QED) is 0.843. The molecule has 2 aromatic rings. The van der Waals surface area contributed by atoms with E-state index in [1.807, 2.05) is 6.92 Å². The van der Waals surface area contributed by atoms with Crippen molar-refractivity contribution in [1.82, 2.24) is 0 Å². The molecule has 1 fully saturated rings. The van der Waals surface area contributed by atoms with Crippen LogP contribution in [0.15, 0.2) is 35.7 Å². The van der Waals surface area contributed by atoms with E-state index in [9.17, 15) is 4.79 Å². The van der Waals surface area contributed by atoms with Crippen molar-refractivity contribution in [2.75, 3.05) is 11.9 Å². The van der Waals surface area contributed by atoms with E-state index in [1.165, 1.54) is 9.78 Å². The summed E-state index contributed by atoms with van der Waals surface area (Å²) in [5, 5.41) is 6.06. The Morgan fingerprint density at radius 3 is 2.91 bits per heavy atom. The number of halogens is 2. The Morgan fingerprint density at radius 2 is 2.22 bits per heavy atom. The molecule has 1 aliphatic rings. The SMILES string of the molecule is C[C@@H](C(=O)Nc1ccc(Cl)cc1Cl)[NH+]1CCC[C@@H]1c1cccs1. The molecule has 0 saturated carbocycles. The first kappa shape index (κ1) is 16.8.